The highest BCUT2D eigenvalue weighted by Gasteiger charge is 2.18. The van der Waals surface area contributed by atoms with Crippen LogP contribution in [0.3, 0.4) is 0 Å². The van der Waals surface area contributed by atoms with E-state index < -0.39 is 0 Å². The molecular formula is C16H21FN2OS. The van der Waals surface area contributed by atoms with Crippen LogP contribution >= 0.6 is 11.3 Å². The second-order valence-electron chi connectivity index (χ2n) is 5.93. The van der Waals surface area contributed by atoms with Crippen molar-refractivity contribution in [2.75, 3.05) is 6.54 Å². The Morgan fingerprint density at radius 1 is 1.33 bits per heavy atom. The van der Waals surface area contributed by atoms with E-state index in [0.717, 1.165) is 16.3 Å². The molecule has 0 saturated carbocycles. The van der Waals surface area contributed by atoms with Gasteiger partial charge in [0.05, 0.1) is 5.69 Å². The lowest BCUT2D eigenvalue weighted by Crippen LogP contribution is -2.12. The maximum atomic E-state index is 13.9. The maximum absolute atomic E-state index is 13.9. The third-order valence-corrected chi connectivity index (χ3v) is 3.94. The van der Waals surface area contributed by atoms with Gasteiger partial charge in [-0.2, -0.15) is 0 Å². The van der Waals surface area contributed by atoms with Crippen molar-refractivity contribution in [3.63, 3.8) is 0 Å². The average molecular weight is 308 g/mol. The molecule has 1 heterocycles. The van der Waals surface area contributed by atoms with Crippen molar-refractivity contribution in [3.05, 3.63) is 45.7 Å². The molecule has 0 saturated heterocycles. The third kappa shape index (κ3) is 4.02. The lowest BCUT2D eigenvalue weighted by atomic mass is 9.93. The minimum atomic E-state index is -0.353. The number of hydrogen-bond donors (Lipinski definition) is 1. The van der Waals surface area contributed by atoms with Gasteiger partial charge in [0.1, 0.15) is 11.6 Å². The summed E-state index contributed by atoms with van der Waals surface area (Å²) in [6, 6.07) is 4.92. The van der Waals surface area contributed by atoms with Gasteiger partial charge in [-0.05, 0) is 24.6 Å². The van der Waals surface area contributed by atoms with Gasteiger partial charge < -0.3 is 10.5 Å². The molecule has 0 aliphatic carbocycles. The van der Waals surface area contributed by atoms with E-state index in [-0.39, 0.29) is 23.6 Å². The van der Waals surface area contributed by atoms with Crippen LogP contribution in [0.5, 0.6) is 5.75 Å². The Bertz CT molecular complexity index is 605. The summed E-state index contributed by atoms with van der Waals surface area (Å²) in [4.78, 5) is 4.55. The van der Waals surface area contributed by atoms with E-state index in [4.69, 9.17) is 10.5 Å². The van der Waals surface area contributed by atoms with Crippen molar-refractivity contribution in [2.45, 2.75) is 39.2 Å². The number of nitrogens with zero attached hydrogens (tertiary/aromatic N) is 1. The van der Waals surface area contributed by atoms with Crippen LogP contribution in [-0.2, 0) is 18.4 Å². The summed E-state index contributed by atoms with van der Waals surface area (Å²) in [6.07, 6.45) is 0.595. The summed E-state index contributed by atoms with van der Waals surface area (Å²) < 4.78 is 19.5. The van der Waals surface area contributed by atoms with Crippen molar-refractivity contribution < 1.29 is 9.13 Å². The predicted molar refractivity (Wildman–Crippen MR) is 84.3 cm³/mol. The fourth-order valence-corrected chi connectivity index (χ4v) is 2.86. The van der Waals surface area contributed by atoms with Crippen LogP contribution in [0.4, 0.5) is 4.39 Å². The summed E-state index contributed by atoms with van der Waals surface area (Å²) in [5.41, 5.74) is 7.39. The monoisotopic (exact) mass is 308 g/mol. The number of halogens is 1. The van der Waals surface area contributed by atoms with Crippen molar-refractivity contribution in [2.24, 2.45) is 5.73 Å². The first-order valence-electron chi connectivity index (χ1n) is 6.97. The van der Waals surface area contributed by atoms with Gasteiger partial charge in [-0.3, -0.25) is 0 Å². The largest absolute Gasteiger partial charge is 0.483 e. The molecule has 0 aliphatic heterocycles. The normalized spacial score (nSPS) is 11.7. The van der Waals surface area contributed by atoms with Gasteiger partial charge in [0, 0.05) is 10.8 Å². The molecule has 0 unspecified atom stereocenters. The van der Waals surface area contributed by atoms with Crippen molar-refractivity contribution in [1.29, 1.82) is 0 Å². The number of nitrogens with two attached hydrogens (primary N) is 1. The van der Waals surface area contributed by atoms with Crippen LogP contribution in [0.25, 0.3) is 0 Å². The quantitative estimate of drug-likeness (QED) is 0.917. The van der Waals surface area contributed by atoms with E-state index in [0.29, 0.717) is 13.0 Å². The van der Waals surface area contributed by atoms with Gasteiger partial charge in [-0.1, -0.05) is 32.9 Å². The Labute approximate surface area is 129 Å². The lowest BCUT2D eigenvalue weighted by Gasteiger charge is -2.14. The average Bonchev–Trinajstić information content (AvgIpc) is 2.87. The number of hydrogen-bond acceptors (Lipinski definition) is 4. The van der Waals surface area contributed by atoms with Gasteiger partial charge in [-0.15, -0.1) is 11.3 Å². The summed E-state index contributed by atoms with van der Waals surface area (Å²) in [5, 5.41) is 2.88. The molecule has 2 aromatic rings. The Hall–Kier alpha value is -1.46. The standard InChI is InChI=1S/C16H21FN2OS/c1-16(2,3)13-10-21-14(19-13)9-20-15-11(7-8-18)5-4-6-12(15)17/h4-6,10H,7-9,18H2,1-3H3. The topological polar surface area (TPSA) is 48.1 Å². The molecule has 0 amide bonds. The molecule has 0 spiro atoms. The van der Waals surface area contributed by atoms with Crippen LogP contribution in [-0.4, -0.2) is 11.5 Å². The maximum Gasteiger partial charge on any atom is 0.165 e. The van der Waals surface area contributed by atoms with Crippen molar-refractivity contribution in [3.8, 4) is 5.75 Å². The number of para-hydroxylation sites is 1. The molecule has 0 atom stereocenters. The number of aromatic nitrogens is 1. The van der Waals surface area contributed by atoms with Crippen LogP contribution in [0.1, 0.15) is 37.0 Å². The van der Waals surface area contributed by atoms with Gasteiger partial charge in [0.15, 0.2) is 11.6 Å². The summed E-state index contributed by atoms with van der Waals surface area (Å²) in [6.45, 7) is 7.08. The van der Waals surface area contributed by atoms with Crippen molar-refractivity contribution >= 4 is 11.3 Å². The van der Waals surface area contributed by atoms with Crippen LogP contribution in [0, 0.1) is 5.82 Å². The third-order valence-electron chi connectivity index (χ3n) is 3.12. The van der Waals surface area contributed by atoms with Gasteiger partial charge in [0.25, 0.3) is 0 Å². The van der Waals surface area contributed by atoms with E-state index >= 15 is 0 Å². The zero-order chi connectivity index (χ0) is 15.5. The van der Waals surface area contributed by atoms with Gasteiger partial charge >= 0.3 is 0 Å². The van der Waals surface area contributed by atoms with Crippen molar-refractivity contribution in [1.82, 2.24) is 4.98 Å². The molecule has 21 heavy (non-hydrogen) atoms. The first kappa shape index (κ1) is 15.9. The lowest BCUT2D eigenvalue weighted by molar-refractivity contribution is 0.286. The summed E-state index contributed by atoms with van der Waals surface area (Å²) in [5.74, 6) is -0.0657. The van der Waals surface area contributed by atoms with E-state index in [1.165, 1.54) is 17.4 Å². The highest BCUT2D eigenvalue weighted by Crippen LogP contribution is 2.27. The first-order chi connectivity index (χ1) is 9.91. The highest BCUT2D eigenvalue weighted by atomic mass is 32.1. The van der Waals surface area contributed by atoms with E-state index in [2.05, 4.69) is 25.8 Å². The molecule has 5 heteroatoms. The molecular weight excluding hydrogens is 287 g/mol. The summed E-state index contributed by atoms with van der Waals surface area (Å²) in [7, 11) is 0. The Morgan fingerprint density at radius 2 is 2.10 bits per heavy atom. The zero-order valence-corrected chi connectivity index (χ0v) is 13.5. The minimum Gasteiger partial charge on any atom is -0.483 e. The van der Waals surface area contributed by atoms with Gasteiger partial charge in [0.2, 0.25) is 0 Å². The fourth-order valence-electron chi connectivity index (χ4n) is 1.92. The SMILES string of the molecule is CC(C)(C)c1csc(COc2c(F)cccc2CCN)n1. The number of benzene rings is 1. The molecule has 1 aromatic carbocycles. The first-order valence-corrected chi connectivity index (χ1v) is 7.85. The number of thiazole rings is 1. The molecule has 1 aromatic heterocycles. The molecule has 0 aliphatic rings. The molecule has 0 bridgehead atoms. The molecule has 2 rings (SSSR count). The second kappa shape index (κ2) is 6.54. The molecule has 2 N–H and O–H groups in total. The smallest absolute Gasteiger partial charge is 0.165 e. The number of ether oxygens (including phenoxy) is 1. The molecule has 114 valence electrons. The fraction of sp³-hybridized carbons (Fsp3) is 0.438. The van der Waals surface area contributed by atoms with Gasteiger partial charge in [-0.25, -0.2) is 9.37 Å². The number of rotatable bonds is 5. The summed E-state index contributed by atoms with van der Waals surface area (Å²) >= 11 is 1.54. The Kier molecular flexibility index (Phi) is 4.96. The van der Waals surface area contributed by atoms with E-state index in [9.17, 15) is 4.39 Å². The Morgan fingerprint density at radius 3 is 2.71 bits per heavy atom. The van der Waals surface area contributed by atoms with E-state index in [1.54, 1.807) is 6.07 Å². The van der Waals surface area contributed by atoms with E-state index in [1.807, 2.05) is 11.4 Å². The second-order valence-corrected chi connectivity index (χ2v) is 6.87. The zero-order valence-electron chi connectivity index (χ0n) is 12.6. The molecule has 0 fully saturated rings. The molecule has 3 nitrogen and oxygen atoms in total. The minimum absolute atomic E-state index is 0.0114. The van der Waals surface area contributed by atoms with Crippen LogP contribution in [0.2, 0.25) is 0 Å². The van der Waals surface area contributed by atoms with Crippen LogP contribution < -0.4 is 10.5 Å². The highest BCUT2D eigenvalue weighted by molar-refractivity contribution is 7.09. The molecule has 0 radical (unpaired) electrons. The van der Waals surface area contributed by atoms with Crippen LogP contribution in [0.15, 0.2) is 23.6 Å². The Balaban J connectivity index is 2.11. The predicted octanol–water partition coefficient (Wildman–Crippen LogP) is 3.66.